The molecule has 1 fully saturated rings. The molecule has 2 aliphatic heterocycles. The third kappa shape index (κ3) is 4.52. The minimum absolute atomic E-state index is 0.754. The maximum absolute atomic E-state index is 5.47. The molecule has 2 aliphatic rings. The maximum Gasteiger partial charge on any atom is 0.155 e. The number of morpholine rings is 1. The van der Waals surface area contributed by atoms with Gasteiger partial charge >= 0.3 is 0 Å². The van der Waals surface area contributed by atoms with Gasteiger partial charge in [-0.15, -0.1) is 0 Å². The molecule has 0 atom stereocenters. The average Bonchev–Trinajstić information content (AvgIpc) is 2.83. The second-order valence-electron chi connectivity index (χ2n) is 8.06. The largest absolute Gasteiger partial charge is 0.378 e. The van der Waals surface area contributed by atoms with Gasteiger partial charge in [0.2, 0.25) is 0 Å². The van der Waals surface area contributed by atoms with Crippen molar-refractivity contribution in [3.8, 4) is 11.3 Å². The number of rotatable bonds is 5. The Hall–Kier alpha value is -3.03. The molecule has 0 amide bonds. The Morgan fingerprint density at radius 3 is 2.74 bits per heavy atom. The highest BCUT2D eigenvalue weighted by atomic mass is 16.5. The van der Waals surface area contributed by atoms with Crippen molar-refractivity contribution >= 4 is 22.5 Å². The van der Waals surface area contributed by atoms with Gasteiger partial charge in [-0.05, 0) is 43.7 Å². The van der Waals surface area contributed by atoms with Crippen LogP contribution in [0.4, 0.5) is 11.5 Å². The molecule has 1 saturated heterocycles. The smallest absolute Gasteiger partial charge is 0.155 e. The summed E-state index contributed by atoms with van der Waals surface area (Å²) in [6.07, 6.45) is 5.17. The molecule has 0 spiro atoms. The van der Waals surface area contributed by atoms with E-state index < -0.39 is 0 Å². The average molecular weight is 417 g/mol. The van der Waals surface area contributed by atoms with Gasteiger partial charge in [-0.1, -0.05) is 18.2 Å². The number of hydrogen-bond acceptors (Lipinski definition) is 7. The van der Waals surface area contributed by atoms with Crippen LogP contribution in [0.5, 0.6) is 0 Å². The summed E-state index contributed by atoms with van der Waals surface area (Å²) >= 11 is 0. The minimum Gasteiger partial charge on any atom is -0.378 e. The zero-order valence-electron chi connectivity index (χ0n) is 17.9. The molecule has 7 heteroatoms. The number of ether oxygens (including phenoxy) is 1. The molecule has 0 unspecified atom stereocenters. The molecular formula is C24H28N6O. The lowest BCUT2D eigenvalue weighted by molar-refractivity contribution is 0.122. The first kappa shape index (κ1) is 19.9. The van der Waals surface area contributed by atoms with Crippen LogP contribution in [0.15, 0.2) is 48.2 Å². The van der Waals surface area contributed by atoms with E-state index in [0.717, 1.165) is 86.2 Å². The number of aromatic nitrogens is 3. The summed E-state index contributed by atoms with van der Waals surface area (Å²) in [4.78, 5) is 16.6. The Morgan fingerprint density at radius 2 is 1.97 bits per heavy atom. The van der Waals surface area contributed by atoms with Gasteiger partial charge in [-0.3, -0.25) is 0 Å². The number of hydrogen-bond donors (Lipinski definition) is 2. The van der Waals surface area contributed by atoms with Crippen molar-refractivity contribution < 1.29 is 4.74 Å². The van der Waals surface area contributed by atoms with Crippen molar-refractivity contribution in [3.63, 3.8) is 0 Å². The molecule has 4 heterocycles. The van der Waals surface area contributed by atoms with Crippen LogP contribution in [0.3, 0.4) is 0 Å². The van der Waals surface area contributed by atoms with E-state index in [4.69, 9.17) is 14.7 Å². The van der Waals surface area contributed by atoms with E-state index in [-0.39, 0.29) is 0 Å². The van der Waals surface area contributed by atoms with E-state index in [2.05, 4.69) is 50.9 Å². The van der Waals surface area contributed by atoms with Crippen molar-refractivity contribution in [1.29, 1.82) is 0 Å². The Kier molecular flexibility index (Phi) is 5.78. The van der Waals surface area contributed by atoms with E-state index in [9.17, 15) is 0 Å². The normalized spacial score (nSPS) is 16.9. The monoisotopic (exact) mass is 416 g/mol. The van der Waals surface area contributed by atoms with Crippen LogP contribution in [-0.2, 0) is 4.74 Å². The van der Waals surface area contributed by atoms with Crippen LogP contribution in [0.25, 0.3) is 22.3 Å². The van der Waals surface area contributed by atoms with Gasteiger partial charge in [0.25, 0.3) is 0 Å². The summed E-state index contributed by atoms with van der Waals surface area (Å²) in [6.45, 7) is 8.12. The maximum atomic E-state index is 5.47. The molecule has 31 heavy (non-hydrogen) atoms. The molecule has 0 saturated carbocycles. The van der Waals surface area contributed by atoms with Gasteiger partial charge in [0.15, 0.2) is 5.82 Å². The van der Waals surface area contributed by atoms with Gasteiger partial charge in [-0.2, -0.15) is 0 Å². The van der Waals surface area contributed by atoms with Gasteiger partial charge < -0.3 is 20.3 Å². The van der Waals surface area contributed by atoms with Crippen molar-refractivity contribution in [2.24, 2.45) is 0 Å². The van der Waals surface area contributed by atoms with Gasteiger partial charge in [0.05, 0.1) is 30.1 Å². The SMILES string of the molecule is Cc1cnc2c(NCC3=CCCNC3)nc(-c3ccc(N4CCOCC4)cc3)cc2n1. The van der Waals surface area contributed by atoms with E-state index in [1.807, 2.05) is 13.0 Å². The fourth-order valence-corrected chi connectivity index (χ4v) is 4.08. The molecule has 0 radical (unpaired) electrons. The standard InChI is InChI=1S/C24H28N6O/c1-17-14-26-23-22(28-17)13-21(29-24(23)27-16-18-3-2-8-25-15-18)19-4-6-20(7-5-19)30-9-11-31-12-10-30/h3-7,13-14,25H,2,8-12,15-16H2,1H3,(H,27,29). The van der Waals surface area contributed by atoms with Gasteiger partial charge in [0, 0.05) is 43.6 Å². The molecule has 7 nitrogen and oxygen atoms in total. The summed E-state index contributed by atoms with van der Waals surface area (Å²) < 4.78 is 5.47. The quantitative estimate of drug-likeness (QED) is 0.619. The molecular weight excluding hydrogens is 388 g/mol. The first-order valence-electron chi connectivity index (χ1n) is 11.0. The predicted molar refractivity (Wildman–Crippen MR) is 125 cm³/mol. The van der Waals surface area contributed by atoms with E-state index in [1.54, 1.807) is 6.20 Å². The number of aryl methyl sites for hydroxylation is 1. The molecule has 0 bridgehead atoms. The molecule has 2 N–H and O–H groups in total. The fraction of sp³-hybridized carbons (Fsp3) is 0.375. The summed E-state index contributed by atoms with van der Waals surface area (Å²) in [6, 6.07) is 10.6. The Labute approximate surface area is 182 Å². The molecule has 2 aromatic heterocycles. The molecule has 160 valence electrons. The van der Waals surface area contributed by atoms with Crippen molar-refractivity contribution in [3.05, 3.63) is 53.9 Å². The van der Waals surface area contributed by atoms with Gasteiger partial charge in [-0.25, -0.2) is 15.0 Å². The molecule has 1 aromatic carbocycles. The third-order valence-electron chi connectivity index (χ3n) is 5.78. The first-order chi connectivity index (χ1) is 15.3. The lowest BCUT2D eigenvalue weighted by Gasteiger charge is -2.28. The molecule has 3 aromatic rings. The summed E-state index contributed by atoms with van der Waals surface area (Å²) in [5.41, 5.74) is 7.12. The zero-order valence-corrected chi connectivity index (χ0v) is 17.9. The number of nitrogens with one attached hydrogen (secondary N) is 2. The first-order valence-corrected chi connectivity index (χ1v) is 11.0. The molecule has 0 aliphatic carbocycles. The second-order valence-corrected chi connectivity index (χ2v) is 8.06. The van der Waals surface area contributed by atoms with Crippen molar-refractivity contribution in [2.75, 3.05) is 56.2 Å². The van der Waals surface area contributed by atoms with Crippen LogP contribution in [0, 0.1) is 6.92 Å². The van der Waals surface area contributed by atoms with Crippen molar-refractivity contribution in [2.45, 2.75) is 13.3 Å². The fourth-order valence-electron chi connectivity index (χ4n) is 4.08. The van der Waals surface area contributed by atoms with Crippen LogP contribution < -0.4 is 15.5 Å². The number of fused-ring (bicyclic) bond motifs is 1. The second kappa shape index (κ2) is 8.99. The van der Waals surface area contributed by atoms with Crippen LogP contribution in [-0.4, -0.2) is 60.9 Å². The number of anilines is 2. The summed E-state index contributed by atoms with van der Waals surface area (Å²) in [5.74, 6) is 0.781. The summed E-state index contributed by atoms with van der Waals surface area (Å²) in [5, 5.41) is 6.92. The highest BCUT2D eigenvalue weighted by Crippen LogP contribution is 2.28. The van der Waals surface area contributed by atoms with E-state index >= 15 is 0 Å². The Bertz CT molecular complexity index is 1090. The number of benzene rings is 1. The highest BCUT2D eigenvalue weighted by Gasteiger charge is 2.14. The van der Waals surface area contributed by atoms with Crippen LogP contribution in [0.2, 0.25) is 0 Å². The number of pyridine rings is 1. The van der Waals surface area contributed by atoms with E-state index in [0.29, 0.717) is 0 Å². The minimum atomic E-state index is 0.754. The highest BCUT2D eigenvalue weighted by molar-refractivity contribution is 5.89. The predicted octanol–water partition coefficient (Wildman–Crippen LogP) is 3.17. The third-order valence-corrected chi connectivity index (χ3v) is 5.78. The van der Waals surface area contributed by atoms with Gasteiger partial charge in [0.1, 0.15) is 5.52 Å². The zero-order chi connectivity index (χ0) is 21.0. The topological polar surface area (TPSA) is 75.2 Å². The van der Waals surface area contributed by atoms with Crippen LogP contribution in [0.1, 0.15) is 12.1 Å². The Morgan fingerprint density at radius 1 is 1.13 bits per heavy atom. The van der Waals surface area contributed by atoms with Crippen LogP contribution >= 0.6 is 0 Å². The Balaban J connectivity index is 1.45. The lowest BCUT2D eigenvalue weighted by atomic mass is 10.1. The van der Waals surface area contributed by atoms with E-state index in [1.165, 1.54) is 11.3 Å². The van der Waals surface area contributed by atoms with Crippen molar-refractivity contribution in [1.82, 2.24) is 20.3 Å². The summed E-state index contributed by atoms with van der Waals surface area (Å²) in [7, 11) is 0. The molecule has 5 rings (SSSR count). The lowest BCUT2D eigenvalue weighted by Crippen LogP contribution is -2.36. The number of nitrogens with zero attached hydrogens (tertiary/aromatic N) is 4.